The number of hydrogen-bond acceptors (Lipinski definition) is 8. The molecule has 2 aromatic carbocycles. The minimum absolute atomic E-state index is 0.0442. The van der Waals surface area contributed by atoms with Crippen LogP contribution in [0, 0.1) is 0 Å². The van der Waals surface area contributed by atoms with Crippen molar-refractivity contribution >= 4 is 11.4 Å². The summed E-state index contributed by atoms with van der Waals surface area (Å²) in [5.74, 6) is 0.682. The van der Waals surface area contributed by atoms with Crippen LogP contribution in [-0.4, -0.2) is 62.9 Å². The van der Waals surface area contributed by atoms with Crippen molar-refractivity contribution in [2.75, 3.05) is 47.1 Å². The lowest BCUT2D eigenvalue weighted by molar-refractivity contribution is -0.170. The van der Waals surface area contributed by atoms with Crippen LogP contribution < -0.4 is 4.74 Å². The van der Waals surface area contributed by atoms with E-state index in [-0.39, 0.29) is 56.2 Å². The zero-order valence-electron chi connectivity index (χ0n) is 24.1. The van der Waals surface area contributed by atoms with Crippen molar-refractivity contribution < 1.29 is 48.6 Å². The second-order valence-electron chi connectivity index (χ2n) is 9.38. The minimum atomic E-state index is -5.14. The molecule has 240 valence electrons. The molecule has 2 heterocycles. The number of methoxy groups -OCH3 is 2. The summed E-state index contributed by atoms with van der Waals surface area (Å²) in [4.78, 5) is 0. The smallest absolute Gasteiger partial charge is 0.278 e. The van der Waals surface area contributed by atoms with Crippen LogP contribution in [0.15, 0.2) is 59.1 Å². The van der Waals surface area contributed by atoms with Crippen molar-refractivity contribution in [1.29, 1.82) is 0 Å². The predicted molar refractivity (Wildman–Crippen MR) is 152 cm³/mol. The first-order valence-corrected chi connectivity index (χ1v) is 14.9. The summed E-state index contributed by atoms with van der Waals surface area (Å²) in [6, 6.07) is 16.6. The van der Waals surface area contributed by atoms with Gasteiger partial charge in [0.25, 0.3) is 17.8 Å². The quantitative estimate of drug-likeness (QED) is 0.156. The van der Waals surface area contributed by atoms with Crippen LogP contribution in [0.1, 0.15) is 42.5 Å². The van der Waals surface area contributed by atoms with E-state index in [9.17, 15) is 20.4 Å². The standard InChI is InChI=1S/C23H23F2NO4.C6H14F3NO2S/c24-23(25)21-19(15-29-20-8-4-5-13-27-20)26-30-22(21)17-9-11-18(12-10-17)28-14-16-6-2-1-3-7-16;1-11-5-3-10(4-6-12-2)13(7,8)9/h1-3,6-7,9-12,20,23H,4-5,8,13-15H2;3-6H2,1-2H3. The van der Waals surface area contributed by atoms with Crippen LogP contribution in [-0.2, 0) is 32.2 Å². The number of hydrogen-bond donors (Lipinski definition) is 0. The third kappa shape index (κ3) is 11.7. The molecule has 0 aliphatic carbocycles. The van der Waals surface area contributed by atoms with Crippen LogP contribution in [0.3, 0.4) is 0 Å². The summed E-state index contributed by atoms with van der Waals surface area (Å²) >= 11 is -5.14. The molecule has 1 atom stereocenters. The average Bonchev–Trinajstić information content (AvgIpc) is 3.44. The Morgan fingerprint density at radius 2 is 1.60 bits per heavy atom. The maximum absolute atomic E-state index is 13.7. The second-order valence-corrected chi connectivity index (χ2v) is 10.7. The molecular weight excluding hydrogens is 599 g/mol. The van der Waals surface area contributed by atoms with E-state index in [0.717, 1.165) is 24.8 Å². The molecule has 43 heavy (non-hydrogen) atoms. The van der Waals surface area contributed by atoms with Crippen LogP contribution in [0.2, 0.25) is 0 Å². The van der Waals surface area contributed by atoms with Gasteiger partial charge in [-0.15, -0.1) is 11.7 Å². The van der Waals surface area contributed by atoms with Gasteiger partial charge in [0, 0.05) is 39.5 Å². The van der Waals surface area contributed by atoms with Crippen LogP contribution in [0.4, 0.5) is 20.4 Å². The first-order valence-electron chi connectivity index (χ1n) is 13.6. The highest BCUT2D eigenvalue weighted by Gasteiger charge is 2.30. The Bertz CT molecular complexity index is 1170. The third-order valence-corrected chi connectivity index (χ3v) is 7.26. The Balaban J connectivity index is 0.000000331. The van der Waals surface area contributed by atoms with E-state index < -0.39 is 17.8 Å². The van der Waals surface area contributed by atoms with Crippen LogP contribution in [0.5, 0.6) is 5.75 Å². The Labute approximate surface area is 250 Å². The van der Waals surface area contributed by atoms with Crippen molar-refractivity contribution in [1.82, 2.24) is 9.46 Å². The Morgan fingerprint density at radius 1 is 0.930 bits per heavy atom. The molecule has 3 aromatic rings. The molecule has 0 saturated carbocycles. The Kier molecular flexibility index (Phi) is 14.7. The molecule has 1 fully saturated rings. The van der Waals surface area contributed by atoms with E-state index >= 15 is 0 Å². The van der Waals surface area contributed by atoms with Crippen molar-refractivity contribution in [3.05, 3.63) is 71.4 Å². The van der Waals surface area contributed by atoms with Gasteiger partial charge < -0.3 is 28.2 Å². The highest BCUT2D eigenvalue weighted by atomic mass is 32.3. The van der Waals surface area contributed by atoms with E-state index in [4.69, 9.17) is 18.7 Å². The highest BCUT2D eigenvalue weighted by molar-refractivity contribution is 8.18. The van der Waals surface area contributed by atoms with Gasteiger partial charge in [-0.25, -0.2) is 8.78 Å². The molecule has 0 radical (unpaired) electrons. The van der Waals surface area contributed by atoms with Gasteiger partial charge in [0.05, 0.1) is 25.4 Å². The number of nitrogens with zero attached hydrogens (tertiary/aromatic N) is 2. The summed E-state index contributed by atoms with van der Waals surface area (Å²) in [5.41, 5.74) is 1.40. The molecule has 14 heteroatoms. The summed E-state index contributed by atoms with van der Waals surface area (Å²) in [6.07, 6.45) is -0.383. The number of ether oxygens (including phenoxy) is 5. The number of benzene rings is 2. The van der Waals surface area contributed by atoms with Crippen molar-refractivity contribution in [2.45, 2.75) is 45.2 Å². The van der Waals surface area contributed by atoms with Crippen LogP contribution in [0.25, 0.3) is 11.3 Å². The molecule has 8 nitrogen and oxygen atoms in total. The number of alkyl halides is 2. The SMILES string of the molecule is COCCN(CCOC)S(F)(F)F.FC(F)c1c(COC2CCCCO2)noc1-c1ccc(OCc2ccccc2)cc1. The predicted octanol–water partition coefficient (Wildman–Crippen LogP) is 7.86. The second kappa shape index (κ2) is 18.1. The van der Waals surface area contributed by atoms with Gasteiger partial charge in [-0.1, -0.05) is 35.5 Å². The lowest BCUT2D eigenvalue weighted by Crippen LogP contribution is -2.28. The fourth-order valence-corrected chi connectivity index (χ4v) is 4.59. The van der Waals surface area contributed by atoms with Crippen LogP contribution >= 0.6 is 11.4 Å². The summed E-state index contributed by atoms with van der Waals surface area (Å²) in [5, 5.41) is 3.83. The lowest BCUT2D eigenvalue weighted by Gasteiger charge is -2.26. The van der Waals surface area contributed by atoms with E-state index in [1.165, 1.54) is 14.2 Å². The van der Waals surface area contributed by atoms with Gasteiger partial charge in [-0.3, -0.25) is 0 Å². The molecule has 1 aliphatic heterocycles. The van der Waals surface area contributed by atoms with Gasteiger partial charge in [0.15, 0.2) is 12.1 Å². The molecule has 0 bridgehead atoms. The first kappa shape index (κ1) is 34.7. The van der Waals surface area contributed by atoms with Crippen molar-refractivity contribution in [2.24, 2.45) is 0 Å². The van der Waals surface area contributed by atoms with Gasteiger partial charge in [0.1, 0.15) is 18.1 Å². The van der Waals surface area contributed by atoms with Gasteiger partial charge in [-0.2, -0.15) is 4.31 Å². The highest BCUT2D eigenvalue weighted by Crippen LogP contribution is 2.56. The monoisotopic (exact) mass is 636 g/mol. The molecule has 1 unspecified atom stereocenters. The van der Waals surface area contributed by atoms with Gasteiger partial charge >= 0.3 is 0 Å². The zero-order chi connectivity index (χ0) is 31.1. The fourth-order valence-electron chi connectivity index (χ4n) is 4.03. The fraction of sp³-hybridized carbons (Fsp3) is 0.483. The Hall–Kier alpha value is -2.75. The summed E-state index contributed by atoms with van der Waals surface area (Å²) in [7, 11) is 2.75. The molecule has 1 aliphatic rings. The minimum Gasteiger partial charge on any atom is -0.489 e. The number of halogens is 5. The van der Waals surface area contributed by atoms with Crippen molar-refractivity contribution in [3.63, 3.8) is 0 Å². The molecule has 0 N–H and O–H groups in total. The van der Waals surface area contributed by atoms with E-state index in [1.807, 2.05) is 30.3 Å². The molecular formula is C29H37F5N2O6S. The first-order chi connectivity index (χ1) is 20.7. The van der Waals surface area contributed by atoms with E-state index in [0.29, 0.717) is 28.8 Å². The number of aromatic nitrogens is 1. The van der Waals surface area contributed by atoms with Gasteiger partial charge in [0.2, 0.25) is 0 Å². The zero-order valence-corrected chi connectivity index (χ0v) is 24.9. The topological polar surface area (TPSA) is 75.4 Å². The maximum atomic E-state index is 13.7. The molecule has 1 aromatic heterocycles. The maximum Gasteiger partial charge on any atom is 0.278 e. The largest absolute Gasteiger partial charge is 0.489 e. The average molecular weight is 637 g/mol. The van der Waals surface area contributed by atoms with E-state index in [1.54, 1.807) is 24.3 Å². The molecule has 0 amide bonds. The molecule has 4 rings (SSSR count). The van der Waals surface area contributed by atoms with Gasteiger partial charge in [-0.05, 0) is 49.1 Å². The lowest BCUT2D eigenvalue weighted by atomic mass is 10.1. The summed E-state index contributed by atoms with van der Waals surface area (Å²) in [6.45, 7) is 0.876. The Morgan fingerprint density at radius 3 is 2.16 bits per heavy atom. The summed E-state index contributed by atoms with van der Waals surface area (Å²) < 4.78 is 96.0. The normalized spacial score (nSPS) is 15.8. The number of rotatable bonds is 15. The third-order valence-electron chi connectivity index (χ3n) is 6.31. The van der Waals surface area contributed by atoms with Crippen molar-refractivity contribution in [3.8, 4) is 17.1 Å². The molecule has 1 saturated heterocycles. The van der Waals surface area contributed by atoms with E-state index in [2.05, 4.69) is 14.6 Å². The molecule has 0 spiro atoms.